The maximum absolute atomic E-state index is 13.0. The lowest BCUT2D eigenvalue weighted by Crippen LogP contribution is -2.66. The van der Waals surface area contributed by atoms with Crippen molar-refractivity contribution in [2.45, 2.75) is 82.7 Å². The largest absolute Gasteiger partial charge is 0.445 e. The first kappa shape index (κ1) is 43.8. The second kappa shape index (κ2) is 19.9. The summed E-state index contributed by atoms with van der Waals surface area (Å²) in [5, 5.41) is 56.7. The summed E-state index contributed by atoms with van der Waals surface area (Å²) in [6.07, 6.45) is -2.64. The van der Waals surface area contributed by atoms with Crippen molar-refractivity contribution in [3.63, 3.8) is 0 Å². The Hall–Kier alpha value is -6.27. The summed E-state index contributed by atoms with van der Waals surface area (Å²) < 4.78 is 10.9. The number of nitrogens with zero attached hydrogens (tertiary/aromatic N) is 4. The number of nitrogens with one attached hydrogen (secondary N) is 7. The van der Waals surface area contributed by atoms with Gasteiger partial charge in [0.25, 0.3) is 0 Å². The highest BCUT2D eigenvalue weighted by Gasteiger charge is 2.45. The molecule has 2 aliphatic rings. The number of fused-ring (bicyclic) bond motifs is 1. The van der Waals surface area contributed by atoms with Crippen LogP contribution in [0.2, 0.25) is 0 Å². The molecule has 1 fully saturated rings. The van der Waals surface area contributed by atoms with Gasteiger partial charge in [0.1, 0.15) is 61.6 Å². The molecule has 8 atom stereocenters. The third kappa shape index (κ3) is 11.4. The molecule has 0 radical (unpaired) electrons. The Kier molecular flexibility index (Phi) is 14.8. The lowest BCUT2D eigenvalue weighted by Gasteiger charge is -2.42. The highest BCUT2D eigenvalue weighted by Crippen LogP contribution is 2.24. The van der Waals surface area contributed by atoms with E-state index < -0.39 is 97.7 Å². The third-order valence-electron chi connectivity index (χ3n) is 9.36. The summed E-state index contributed by atoms with van der Waals surface area (Å²) >= 11 is 0. The molecular formula is C36H47N11O12. The number of imidazole rings is 1. The number of amides is 6. The zero-order valence-electron chi connectivity index (χ0n) is 32.2. The van der Waals surface area contributed by atoms with Gasteiger partial charge in [-0.1, -0.05) is 26.0 Å². The highest BCUT2D eigenvalue weighted by molar-refractivity contribution is 5.98. The molecule has 5 rings (SSSR count). The minimum atomic E-state index is -1.60. The number of aromatic nitrogens is 4. The molecule has 0 aliphatic carbocycles. The molecule has 1 unspecified atom stereocenters. The molecule has 23 nitrogen and oxygen atoms in total. The Balaban J connectivity index is 1.01. The third-order valence-corrected chi connectivity index (χ3v) is 9.36. The van der Waals surface area contributed by atoms with Gasteiger partial charge in [-0.2, -0.15) is 0 Å². The quantitative estimate of drug-likeness (QED) is 0.0660. The SMILES string of the molecule is CC(C)[C@H](NC(=O)CCN1C(=O)C=CC1O)C(=O)N[C@@H](C)C(=O)Nc1ccc(COC(=O)NCC(=O)N[C@@H]2[C@@H](O)[C@H](O)[C@H](Nc3ncnc4nc[nH]c34)O[C@H]2CO)cc1. The summed E-state index contributed by atoms with van der Waals surface area (Å²) in [5.74, 6) is -2.98. The van der Waals surface area contributed by atoms with Gasteiger partial charge in [-0.05, 0) is 36.6 Å². The second-order valence-electron chi connectivity index (χ2n) is 14.0. The first-order valence-electron chi connectivity index (χ1n) is 18.5. The summed E-state index contributed by atoms with van der Waals surface area (Å²) in [6, 6.07) is 3.00. The number of benzene rings is 1. The van der Waals surface area contributed by atoms with Crippen LogP contribution >= 0.6 is 0 Å². The number of aromatic amines is 1. The van der Waals surface area contributed by atoms with E-state index in [1.54, 1.807) is 38.1 Å². The summed E-state index contributed by atoms with van der Waals surface area (Å²) in [5.41, 5.74) is 1.65. The van der Waals surface area contributed by atoms with Crippen LogP contribution < -0.4 is 31.9 Å². The van der Waals surface area contributed by atoms with Crippen molar-refractivity contribution in [3.05, 3.63) is 54.6 Å². The van der Waals surface area contributed by atoms with Crippen molar-refractivity contribution in [1.82, 2.24) is 46.1 Å². The Labute approximate surface area is 336 Å². The number of aliphatic hydroxyl groups is 4. The Morgan fingerprint density at radius 1 is 0.966 bits per heavy atom. The molecule has 4 heterocycles. The first-order chi connectivity index (χ1) is 28.1. The predicted octanol–water partition coefficient (Wildman–Crippen LogP) is -2.69. The molecule has 318 valence electrons. The molecular weight excluding hydrogens is 778 g/mol. The van der Waals surface area contributed by atoms with Crippen LogP contribution in [0.4, 0.5) is 16.3 Å². The van der Waals surface area contributed by atoms with E-state index in [0.29, 0.717) is 22.4 Å². The van der Waals surface area contributed by atoms with Crippen LogP contribution in [0.5, 0.6) is 0 Å². The summed E-state index contributed by atoms with van der Waals surface area (Å²) in [7, 11) is 0. The van der Waals surface area contributed by atoms with E-state index in [9.17, 15) is 49.2 Å². The Morgan fingerprint density at radius 3 is 2.39 bits per heavy atom. The number of rotatable bonds is 17. The summed E-state index contributed by atoms with van der Waals surface area (Å²) in [4.78, 5) is 91.3. The van der Waals surface area contributed by atoms with Crippen LogP contribution in [-0.4, -0.2) is 149 Å². The molecule has 11 N–H and O–H groups in total. The molecule has 0 saturated carbocycles. The lowest BCUT2D eigenvalue weighted by molar-refractivity contribution is -0.185. The zero-order chi connectivity index (χ0) is 42.8. The van der Waals surface area contributed by atoms with Crippen molar-refractivity contribution in [3.8, 4) is 0 Å². The lowest BCUT2D eigenvalue weighted by atomic mass is 9.95. The van der Waals surface area contributed by atoms with Gasteiger partial charge < -0.3 is 71.7 Å². The van der Waals surface area contributed by atoms with E-state index in [4.69, 9.17) is 9.47 Å². The fourth-order valence-electron chi connectivity index (χ4n) is 6.06. The number of carbonyl (C=O) groups is 6. The molecule has 59 heavy (non-hydrogen) atoms. The predicted molar refractivity (Wildman–Crippen MR) is 204 cm³/mol. The average Bonchev–Trinajstić information content (AvgIpc) is 3.83. The van der Waals surface area contributed by atoms with E-state index in [-0.39, 0.29) is 31.3 Å². The maximum atomic E-state index is 13.0. The normalized spacial score (nSPS) is 22.4. The van der Waals surface area contributed by atoms with Crippen molar-refractivity contribution >= 4 is 58.3 Å². The summed E-state index contributed by atoms with van der Waals surface area (Å²) in [6.45, 7) is 3.43. The molecule has 23 heteroatoms. The van der Waals surface area contributed by atoms with Crippen molar-refractivity contribution in [1.29, 1.82) is 0 Å². The topological polar surface area (TPSA) is 332 Å². The molecule has 0 spiro atoms. The second-order valence-corrected chi connectivity index (χ2v) is 14.0. The van der Waals surface area contributed by atoms with E-state index in [2.05, 4.69) is 51.8 Å². The van der Waals surface area contributed by atoms with Gasteiger partial charge in [-0.3, -0.25) is 24.0 Å². The molecule has 3 aromatic rings. The monoisotopic (exact) mass is 825 g/mol. The van der Waals surface area contributed by atoms with Crippen LogP contribution in [0.25, 0.3) is 11.2 Å². The van der Waals surface area contributed by atoms with Gasteiger partial charge in [-0.25, -0.2) is 19.7 Å². The molecule has 1 aromatic carbocycles. The molecule has 6 amide bonds. The maximum Gasteiger partial charge on any atom is 0.407 e. The van der Waals surface area contributed by atoms with Gasteiger partial charge in [0.2, 0.25) is 29.5 Å². The standard InChI is InChI=1S/C36H47N11O12/c1-17(2)26(44-22(49)10-11-47-24(51)8-9-25(47)52)34(56)42-18(3)33(55)43-20-6-4-19(5-7-20)14-58-36(57)37-12-23(50)45-27-21(13-48)59-35(30(54)29(27)53)46-32-28-31(39-15-38-28)40-16-41-32/h4-9,15-18,21,24,26-27,29-30,35,48,51,53-54H,10-14H2,1-3H3,(H,37,57)(H,42,56)(H,43,55)(H,44,49)(H,45,50)(H2,38,39,40,41,46)/t18-,21-,24?,26-,27-,29+,30-,35+/m0/s1. The number of hydrogen-bond acceptors (Lipinski definition) is 16. The number of carbonyl (C=O) groups excluding carboxylic acids is 6. The number of alkyl carbamates (subject to hydrolysis) is 1. The van der Waals surface area contributed by atoms with Crippen LogP contribution in [0.1, 0.15) is 32.8 Å². The van der Waals surface area contributed by atoms with E-state index in [1.807, 2.05) is 0 Å². The number of H-pyrrole nitrogens is 1. The van der Waals surface area contributed by atoms with Gasteiger partial charge in [0.15, 0.2) is 17.7 Å². The molecule has 2 aliphatic heterocycles. The zero-order valence-corrected chi connectivity index (χ0v) is 32.2. The van der Waals surface area contributed by atoms with Crippen molar-refractivity contribution < 1.29 is 58.7 Å². The molecule has 1 saturated heterocycles. The van der Waals surface area contributed by atoms with E-state index in [0.717, 1.165) is 4.90 Å². The minimum Gasteiger partial charge on any atom is -0.445 e. The van der Waals surface area contributed by atoms with Gasteiger partial charge in [-0.15, -0.1) is 0 Å². The average molecular weight is 826 g/mol. The van der Waals surface area contributed by atoms with Gasteiger partial charge in [0.05, 0.1) is 19.0 Å². The Bertz CT molecular complexity index is 2010. The van der Waals surface area contributed by atoms with Crippen LogP contribution in [0, 0.1) is 5.92 Å². The Morgan fingerprint density at radius 2 is 1.71 bits per heavy atom. The molecule has 0 bridgehead atoms. The van der Waals surface area contributed by atoms with Crippen molar-refractivity contribution in [2.24, 2.45) is 5.92 Å². The van der Waals surface area contributed by atoms with Crippen LogP contribution in [0.3, 0.4) is 0 Å². The number of hydrogen-bond donors (Lipinski definition) is 11. The van der Waals surface area contributed by atoms with Crippen LogP contribution in [-0.2, 0) is 40.1 Å². The highest BCUT2D eigenvalue weighted by atomic mass is 16.6. The first-order valence-corrected chi connectivity index (χ1v) is 18.5. The van der Waals surface area contributed by atoms with Crippen LogP contribution in [0.15, 0.2) is 49.1 Å². The van der Waals surface area contributed by atoms with Gasteiger partial charge in [0, 0.05) is 24.7 Å². The minimum absolute atomic E-state index is 0.0468. The smallest absolute Gasteiger partial charge is 0.407 e. The number of ether oxygens (including phenoxy) is 2. The number of aliphatic hydroxyl groups excluding tert-OH is 4. The van der Waals surface area contributed by atoms with Crippen molar-refractivity contribution in [2.75, 3.05) is 30.3 Å². The van der Waals surface area contributed by atoms with E-state index in [1.165, 1.54) is 31.7 Å². The fourth-order valence-corrected chi connectivity index (χ4v) is 6.06. The van der Waals surface area contributed by atoms with Gasteiger partial charge >= 0.3 is 6.09 Å². The van der Waals surface area contributed by atoms with E-state index >= 15 is 0 Å². The number of anilines is 2. The molecule has 2 aromatic heterocycles. The fraction of sp³-hybridized carbons (Fsp3) is 0.472.